The van der Waals surface area contributed by atoms with E-state index in [-0.39, 0.29) is 5.41 Å². The molecule has 0 fully saturated rings. The van der Waals surface area contributed by atoms with Gasteiger partial charge in [0.1, 0.15) is 0 Å². The van der Waals surface area contributed by atoms with Crippen LogP contribution in [0, 0.1) is 0 Å². The van der Waals surface area contributed by atoms with Crippen LogP contribution >= 0.6 is 0 Å². The fourth-order valence-corrected chi connectivity index (χ4v) is 8.75. The number of aromatic nitrogens is 3. The average molecular weight is 572 g/mol. The van der Waals surface area contributed by atoms with Gasteiger partial charge in [0.05, 0.1) is 11.1 Å². The molecule has 1 spiro atoms. The van der Waals surface area contributed by atoms with E-state index in [9.17, 15) is 0 Å². The molecule has 6 aromatic carbocycles. The normalized spacial score (nSPS) is 14.3. The Morgan fingerprint density at radius 1 is 0.511 bits per heavy atom. The molecule has 0 atom stereocenters. The first-order valence-electron chi connectivity index (χ1n) is 15.6. The highest BCUT2D eigenvalue weighted by Crippen LogP contribution is 2.62. The molecule has 2 heterocycles. The van der Waals surface area contributed by atoms with Gasteiger partial charge < -0.3 is 0 Å². The Balaban J connectivity index is 1.18. The third-order valence-electron chi connectivity index (χ3n) is 10.5. The maximum absolute atomic E-state index is 5.26. The van der Waals surface area contributed by atoms with Gasteiger partial charge in [0.15, 0.2) is 11.5 Å². The Morgan fingerprint density at radius 2 is 1.07 bits per heavy atom. The lowest BCUT2D eigenvalue weighted by Gasteiger charge is -2.30. The molecule has 3 aliphatic rings. The second kappa shape index (κ2) is 8.22. The predicted octanol–water partition coefficient (Wildman–Crippen LogP) is 9.46. The van der Waals surface area contributed by atoms with Crippen LogP contribution in [0.4, 0.5) is 0 Å². The van der Waals surface area contributed by atoms with Crippen molar-refractivity contribution in [2.75, 3.05) is 0 Å². The smallest absolute Gasteiger partial charge is 0.182 e. The summed E-state index contributed by atoms with van der Waals surface area (Å²) in [5.41, 5.74) is 17.3. The Hall–Kier alpha value is -5.80. The van der Waals surface area contributed by atoms with Crippen LogP contribution in [0.5, 0.6) is 0 Å². The molecule has 0 radical (unpaired) electrons. The highest BCUT2D eigenvalue weighted by molar-refractivity contribution is 6.02. The minimum Gasteiger partial charge on any atom is -0.212 e. The molecule has 0 aliphatic heterocycles. The van der Waals surface area contributed by atoms with Crippen molar-refractivity contribution in [2.24, 2.45) is 0 Å². The molecule has 0 saturated heterocycles. The number of fused-ring (bicyclic) bond motifs is 18. The monoisotopic (exact) mass is 571 g/mol. The zero-order valence-electron chi connectivity index (χ0n) is 24.3. The van der Waals surface area contributed by atoms with Gasteiger partial charge in [-0.3, -0.25) is 0 Å². The Labute approximate surface area is 260 Å². The van der Waals surface area contributed by atoms with Gasteiger partial charge in [-0.1, -0.05) is 133 Å². The summed E-state index contributed by atoms with van der Waals surface area (Å²) in [5, 5.41) is 7.66. The van der Waals surface area contributed by atoms with Crippen molar-refractivity contribution in [3.05, 3.63) is 173 Å². The third-order valence-corrected chi connectivity index (χ3v) is 10.5. The summed E-state index contributed by atoms with van der Waals surface area (Å²) >= 11 is 0. The van der Waals surface area contributed by atoms with Crippen LogP contribution in [-0.4, -0.2) is 14.6 Å². The number of pyridine rings is 1. The quantitative estimate of drug-likeness (QED) is 0.196. The Morgan fingerprint density at radius 3 is 1.78 bits per heavy atom. The molecular formula is C42H25N3. The van der Waals surface area contributed by atoms with Crippen molar-refractivity contribution in [2.45, 2.75) is 11.8 Å². The van der Waals surface area contributed by atoms with Crippen LogP contribution in [0.2, 0.25) is 0 Å². The minimum absolute atomic E-state index is 0.343. The molecule has 0 amide bonds. The van der Waals surface area contributed by atoms with Crippen LogP contribution < -0.4 is 0 Å². The molecule has 3 nitrogen and oxygen atoms in total. The number of benzene rings is 6. The predicted molar refractivity (Wildman–Crippen MR) is 180 cm³/mol. The average Bonchev–Trinajstić information content (AvgIpc) is 3.85. The number of hydrogen-bond acceptors (Lipinski definition) is 2. The molecule has 0 unspecified atom stereocenters. The number of rotatable bonds is 1. The van der Waals surface area contributed by atoms with Gasteiger partial charge in [-0.15, -0.1) is 5.10 Å². The molecule has 8 aromatic rings. The largest absolute Gasteiger partial charge is 0.212 e. The highest BCUT2D eigenvalue weighted by Gasteiger charge is 2.51. The summed E-state index contributed by atoms with van der Waals surface area (Å²) < 4.78 is 2.10. The van der Waals surface area contributed by atoms with Crippen LogP contribution in [0.25, 0.3) is 61.3 Å². The third kappa shape index (κ3) is 2.78. The van der Waals surface area contributed by atoms with E-state index in [0.717, 1.165) is 28.8 Å². The summed E-state index contributed by atoms with van der Waals surface area (Å²) in [6, 6.07) is 51.1. The molecular weight excluding hydrogens is 546 g/mol. The molecule has 3 heteroatoms. The molecule has 0 N–H and O–H groups in total. The van der Waals surface area contributed by atoms with Crippen molar-refractivity contribution in [1.82, 2.24) is 14.6 Å². The lowest BCUT2D eigenvalue weighted by atomic mass is 9.70. The van der Waals surface area contributed by atoms with Crippen LogP contribution in [0.15, 0.2) is 140 Å². The molecule has 2 aromatic heterocycles. The van der Waals surface area contributed by atoms with E-state index in [0.29, 0.717) is 0 Å². The van der Waals surface area contributed by atoms with E-state index in [1.54, 1.807) is 0 Å². The summed E-state index contributed by atoms with van der Waals surface area (Å²) in [6.07, 6.45) is 0.914. The lowest BCUT2D eigenvalue weighted by Crippen LogP contribution is -2.25. The number of hydrogen-bond donors (Lipinski definition) is 0. The standard InChI is InChI=1S/C42H25N3/c1-2-12-27-25(11-1)23-34-28-13-3-4-17-32(28)41-43-40(44-45(41)39(27)34)26-21-22-38-33(24-26)31-16-7-10-20-37(31)42(38)35-18-8-5-14-29(35)30-15-6-9-19-36(30)42/h1-22,24H,23H2. The first-order chi connectivity index (χ1) is 22.3. The lowest BCUT2D eigenvalue weighted by molar-refractivity contribution is 0.794. The molecule has 3 aliphatic carbocycles. The fourth-order valence-electron chi connectivity index (χ4n) is 8.75. The van der Waals surface area contributed by atoms with Crippen molar-refractivity contribution in [1.29, 1.82) is 0 Å². The molecule has 11 rings (SSSR count). The summed E-state index contributed by atoms with van der Waals surface area (Å²) in [5.74, 6) is 0.756. The first-order valence-corrected chi connectivity index (χ1v) is 15.6. The Bertz CT molecular complexity index is 2540. The van der Waals surface area contributed by atoms with E-state index in [4.69, 9.17) is 10.1 Å². The van der Waals surface area contributed by atoms with E-state index in [1.807, 2.05) is 0 Å². The summed E-state index contributed by atoms with van der Waals surface area (Å²) in [7, 11) is 0. The van der Waals surface area contributed by atoms with Crippen molar-refractivity contribution in [3.63, 3.8) is 0 Å². The van der Waals surface area contributed by atoms with Gasteiger partial charge in [0, 0.05) is 22.9 Å². The second-order valence-corrected chi connectivity index (χ2v) is 12.5. The maximum atomic E-state index is 5.26. The van der Waals surface area contributed by atoms with Crippen molar-refractivity contribution >= 4 is 16.4 Å². The van der Waals surface area contributed by atoms with Crippen molar-refractivity contribution < 1.29 is 0 Å². The van der Waals surface area contributed by atoms with Gasteiger partial charge >= 0.3 is 0 Å². The minimum atomic E-state index is -0.343. The van der Waals surface area contributed by atoms with Gasteiger partial charge in [0.25, 0.3) is 0 Å². The van der Waals surface area contributed by atoms with E-state index >= 15 is 0 Å². The van der Waals surface area contributed by atoms with E-state index in [1.165, 1.54) is 72.3 Å². The van der Waals surface area contributed by atoms with Gasteiger partial charge in [-0.25, -0.2) is 9.50 Å². The topological polar surface area (TPSA) is 30.2 Å². The van der Waals surface area contributed by atoms with Gasteiger partial charge in [-0.2, -0.15) is 0 Å². The first kappa shape index (κ1) is 23.6. The van der Waals surface area contributed by atoms with Crippen LogP contribution in [0.1, 0.15) is 33.4 Å². The molecule has 0 bridgehead atoms. The molecule has 45 heavy (non-hydrogen) atoms. The van der Waals surface area contributed by atoms with E-state index in [2.05, 4.69) is 144 Å². The van der Waals surface area contributed by atoms with Gasteiger partial charge in [-0.05, 0) is 67.1 Å². The zero-order chi connectivity index (χ0) is 29.3. The summed E-state index contributed by atoms with van der Waals surface area (Å²) in [4.78, 5) is 5.26. The molecule has 0 saturated carbocycles. The highest BCUT2D eigenvalue weighted by atomic mass is 15.3. The SMILES string of the molecule is c1ccc2c(c1)Cc1c-2n2nc(-c3ccc4c(c3)-c3ccccc3C43c4ccccc4-c4ccccc43)nc2c2ccccc12. The molecule has 208 valence electrons. The van der Waals surface area contributed by atoms with E-state index < -0.39 is 0 Å². The fraction of sp³-hybridized carbons (Fsp3) is 0.0476. The van der Waals surface area contributed by atoms with Crippen LogP contribution in [-0.2, 0) is 11.8 Å². The maximum Gasteiger partial charge on any atom is 0.182 e. The second-order valence-electron chi connectivity index (χ2n) is 12.5. The van der Waals surface area contributed by atoms with Crippen molar-refractivity contribution in [3.8, 4) is 44.9 Å². The summed E-state index contributed by atoms with van der Waals surface area (Å²) in [6.45, 7) is 0. The zero-order valence-corrected chi connectivity index (χ0v) is 24.3. The van der Waals surface area contributed by atoms with Crippen LogP contribution in [0.3, 0.4) is 0 Å². The number of nitrogens with zero attached hydrogens (tertiary/aromatic N) is 3. The Kier molecular flexibility index (Phi) is 4.32. The van der Waals surface area contributed by atoms with Gasteiger partial charge in [0.2, 0.25) is 0 Å².